The zero-order valence-electron chi connectivity index (χ0n) is 12.2. The summed E-state index contributed by atoms with van der Waals surface area (Å²) in [6.45, 7) is 4.17. The summed E-state index contributed by atoms with van der Waals surface area (Å²) in [6, 6.07) is 6.67. The van der Waals surface area contributed by atoms with E-state index < -0.39 is 12.0 Å². The van der Waals surface area contributed by atoms with Gasteiger partial charge < -0.3 is 15.7 Å². The highest BCUT2D eigenvalue weighted by Crippen LogP contribution is 2.14. The van der Waals surface area contributed by atoms with E-state index in [0.29, 0.717) is 6.54 Å². The third-order valence-corrected chi connectivity index (χ3v) is 3.85. The minimum absolute atomic E-state index is 0.0250. The van der Waals surface area contributed by atoms with Crippen LogP contribution < -0.4 is 10.6 Å². The highest BCUT2D eigenvalue weighted by molar-refractivity contribution is 9.10. The summed E-state index contributed by atoms with van der Waals surface area (Å²) in [5.74, 6) is -0.993. The third-order valence-electron chi connectivity index (χ3n) is 3.32. The second-order valence-corrected chi connectivity index (χ2v) is 5.88. The highest BCUT2D eigenvalue weighted by Gasteiger charge is 2.22. The molecule has 0 spiro atoms. The summed E-state index contributed by atoms with van der Waals surface area (Å²) in [6.07, 6.45) is 1.01. The van der Waals surface area contributed by atoms with Crippen LogP contribution in [0.2, 0.25) is 0 Å². The number of carboxylic acid groups (broad SMARTS) is 1. The van der Waals surface area contributed by atoms with E-state index in [0.717, 1.165) is 16.6 Å². The Hall–Kier alpha value is -1.40. The number of hydrogen-bond acceptors (Lipinski definition) is 3. The van der Waals surface area contributed by atoms with Gasteiger partial charge in [0, 0.05) is 23.1 Å². The molecule has 1 rings (SSSR count). The minimum atomic E-state index is -0.877. The van der Waals surface area contributed by atoms with Crippen LogP contribution in [0.15, 0.2) is 28.7 Å². The van der Waals surface area contributed by atoms with Crippen LogP contribution in [0, 0.1) is 5.92 Å². The Bertz CT molecular complexity index is 476. The number of anilines is 1. The molecule has 0 aliphatic heterocycles. The van der Waals surface area contributed by atoms with Gasteiger partial charge in [0.25, 0.3) is 0 Å². The van der Waals surface area contributed by atoms with Crippen LogP contribution in [0.25, 0.3) is 0 Å². The van der Waals surface area contributed by atoms with Crippen LogP contribution >= 0.6 is 15.9 Å². The van der Waals surface area contributed by atoms with E-state index in [9.17, 15) is 9.59 Å². The molecule has 0 unspecified atom stereocenters. The number of nitrogens with one attached hydrogen (secondary N) is 2. The molecule has 1 amide bonds. The first-order valence-electron chi connectivity index (χ1n) is 6.95. The Morgan fingerprint density at radius 1 is 1.29 bits per heavy atom. The molecule has 0 radical (unpaired) electrons. The smallest absolute Gasteiger partial charge is 0.320 e. The van der Waals surface area contributed by atoms with Crippen molar-refractivity contribution >= 4 is 33.5 Å². The third kappa shape index (κ3) is 6.27. The van der Waals surface area contributed by atoms with Gasteiger partial charge in [-0.2, -0.15) is 0 Å². The van der Waals surface area contributed by atoms with Crippen LogP contribution in [-0.4, -0.2) is 29.6 Å². The number of rotatable bonds is 8. The average molecular weight is 357 g/mol. The van der Waals surface area contributed by atoms with Gasteiger partial charge in [-0.3, -0.25) is 9.59 Å². The second-order valence-electron chi connectivity index (χ2n) is 4.96. The number of amides is 1. The molecule has 21 heavy (non-hydrogen) atoms. The van der Waals surface area contributed by atoms with Gasteiger partial charge in [0.15, 0.2) is 0 Å². The number of carbonyl (C=O) groups excluding carboxylic acids is 1. The van der Waals surface area contributed by atoms with Crippen LogP contribution in [-0.2, 0) is 9.59 Å². The standard InChI is InChI=1S/C15H21BrN2O3/c1-3-10(2)14(15(20)21)17-9-8-13(19)18-12-6-4-11(16)5-7-12/h4-7,10,14,17H,3,8-9H2,1-2H3,(H,18,19)(H,20,21)/t10-,14-/m0/s1. The predicted molar refractivity (Wildman–Crippen MR) is 86.3 cm³/mol. The molecule has 1 aromatic carbocycles. The van der Waals surface area contributed by atoms with Crippen molar-refractivity contribution in [3.05, 3.63) is 28.7 Å². The molecule has 116 valence electrons. The first kappa shape index (κ1) is 17.7. The highest BCUT2D eigenvalue weighted by atomic mass is 79.9. The number of benzene rings is 1. The number of aliphatic carboxylic acids is 1. The molecular weight excluding hydrogens is 336 g/mol. The summed E-state index contributed by atoms with van der Waals surface area (Å²) >= 11 is 3.33. The van der Waals surface area contributed by atoms with Crippen molar-refractivity contribution in [2.75, 3.05) is 11.9 Å². The van der Waals surface area contributed by atoms with Crippen molar-refractivity contribution in [2.24, 2.45) is 5.92 Å². The average Bonchev–Trinajstić information content (AvgIpc) is 2.45. The molecule has 0 aliphatic carbocycles. The molecule has 2 atom stereocenters. The maximum absolute atomic E-state index is 11.8. The lowest BCUT2D eigenvalue weighted by Crippen LogP contribution is -2.42. The van der Waals surface area contributed by atoms with E-state index in [1.165, 1.54) is 0 Å². The van der Waals surface area contributed by atoms with Gasteiger partial charge in [-0.15, -0.1) is 0 Å². The van der Waals surface area contributed by atoms with Crippen LogP contribution in [0.1, 0.15) is 26.7 Å². The number of hydrogen-bond donors (Lipinski definition) is 3. The van der Waals surface area contributed by atoms with Crippen molar-refractivity contribution in [1.82, 2.24) is 5.32 Å². The van der Waals surface area contributed by atoms with Crippen LogP contribution in [0.3, 0.4) is 0 Å². The van der Waals surface area contributed by atoms with Gasteiger partial charge in [-0.1, -0.05) is 36.2 Å². The Morgan fingerprint density at radius 3 is 2.43 bits per heavy atom. The quantitative estimate of drug-likeness (QED) is 0.669. The van der Waals surface area contributed by atoms with E-state index in [1.54, 1.807) is 12.1 Å². The first-order valence-corrected chi connectivity index (χ1v) is 7.75. The molecule has 0 aromatic heterocycles. The van der Waals surface area contributed by atoms with E-state index in [4.69, 9.17) is 5.11 Å². The summed E-state index contributed by atoms with van der Waals surface area (Å²) < 4.78 is 0.944. The van der Waals surface area contributed by atoms with Crippen LogP contribution in [0.4, 0.5) is 5.69 Å². The Morgan fingerprint density at radius 2 is 1.90 bits per heavy atom. The van der Waals surface area contributed by atoms with Crippen molar-refractivity contribution in [3.8, 4) is 0 Å². The summed E-state index contributed by atoms with van der Waals surface area (Å²) in [7, 11) is 0. The summed E-state index contributed by atoms with van der Waals surface area (Å²) in [4.78, 5) is 22.9. The fourth-order valence-corrected chi connectivity index (χ4v) is 2.13. The topological polar surface area (TPSA) is 78.4 Å². The number of halogens is 1. The molecule has 0 heterocycles. The van der Waals surface area contributed by atoms with Crippen molar-refractivity contribution < 1.29 is 14.7 Å². The van der Waals surface area contributed by atoms with Crippen LogP contribution in [0.5, 0.6) is 0 Å². The van der Waals surface area contributed by atoms with E-state index in [-0.39, 0.29) is 18.2 Å². The lowest BCUT2D eigenvalue weighted by molar-refractivity contribution is -0.141. The van der Waals surface area contributed by atoms with E-state index in [2.05, 4.69) is 26.6 Å². The van der Waals surface area contributed by atoms with Gasteiger partial charge in [-0.25, -0.2) is 0 Å². The molecule has 0 fully saturated rings. The zero-order valence-corrected chi connectivity index (χ0v) is 13.8. The molecule has 0 aliphatic rings. The van der Waals surface area contributed by atoms with Crippen molar-refractivity contribution in [3.63, 3.8) is 0 Å². The Balaban J connectivity index is 2.38. The predicted octanol–water partition coefficient (Wildman–Crippen LogP) is 2.87. The summed E-state index contributed by atoms with van der Waals surface area (Å²) in [5, 5.41) is 14.8. The fraction of sp³-hybridized carbons (Fsp3) is 0.467. The fourth-order valence-electron chi connectivity index (χ4n) is 1.87. The maximum atomic E-state index is 11.8. The van der Waals surface area contributed by atoms with Gasteiger partial charge in [0.05, 0.1) is 0 Å². The SMILES string of the molecule is CC[C@H](C)[C@H](NCCC(=O)Nc1ccc(Br)cc1)C(=O)O. The van der Waals surface area contributed by atoms with Gasteiger partial charge in [-0.05, 0) is 30.2 Å². The van der Waals surface area contributed by atoms with Gasteiger partial charge in [0.2, 0.25) is 5.91 Å². The van der Waals surface area contributed by atoms with Crippen molar-refractivity contribution in [2.45, 2.75) is 32.7 Å². The lowest BCUT2D eigenvalue weighted by atomic mass is 9.99. The maximum Gasteiger partial charge on any atom is 0.320 e. The molecule has 1 aromatic rings. The Kier molecular flexibility index (Phi) is 7.39. The number of carbonyl (C=O) groups is 2. The first-order chi connectivity index (χ1) is 9.93. The molecule has 3 N–H and O–H groups in total. The zero-order chi connectivity index (χ0) is 15.8. The largest absolute Gasteiger partial charge is 0.480 e. The lowest BCUT2D eigenvalue weighted by Gasteiger charge is -2.19. The molecule has 6 heteroatoms. The number of carboxylic acids is 1. The molecule has 0 saturated carbocycles. The molecular formula is C15H21BrN2O3. The molecule has 5 nitrogen and oxygen atoms in total. The minimum Gasteiger partial charge on any atom is -0.480 e. The molecule has 0 saturated heterocycles. The van der Waals surface area contributed by atoms with E-state index in [1.807, 2.05) is 26.0 Å². The second kappa shape index (κ2) is 8.79. The van der Waals surface area contributed by atoms with Crippen molar-refractivity contribution in [1.29, 1.82) is 0 Å². The molecule has 0 bridgehead atoms. The summed E-state index contributed by atoms with van der Waals surface area (Å²) in [5.41, 5.74) is 0.722. The van der Waals surface area contributed by atoms with Gasteiger partial charge in [0.1, 0.15) is 6.04 Å². The van der Waals surface area contributed by atoms with Gasteiger partial charge >= 0.3 is 5.97 Å². The monoisotopic (exact) mass is 356 g/mol. The normalized spacial score (nSPS) is 13.5. The van der Waals surface area contributed by atoms with E-state index >= 15 is 0 Å². The Labute approximate surface area is 133 Å².